The molecular formula is C12H21N3. The molecule has 0 bridgehead atoms. The number of pyridine rings is 1. The molecule has 3 heteroatoms. The highest BCUT2D eigenvalue weighted by Gasteiger charge is 1.99. The second-order valence-corrected chi connectivity index (χ2v) is 3.94. The summed E-state index contributed by atoms with van der Waals surface area (Å²) < 4.78 is 0. The molecule has 3 nitrogen and oxygen atoms in total. The molecule has 1 aromatic heterocycles. The third kappa shape index (κ3) is 5.50. The van der Waals surface area contributed by atoms with E-state index in [1.165, 1.54) is 18.4 Å². The summed E-state index contributed by atoms with van der Waals surface area (Å²) in [5, 5.41) is 0. The number of hydrogen-bond acceptors (Lipinski definition) is 3. The Hall–Kier alpha value is -0.930. The maximum Gasteiger partial charge on any atom is 0.0271 e. The maximum atomic E-state index is 5.45. The fraction of sp³-hybridized carbons (Fsp3) is 0.583. The lowest BCUT2D eigenvalue weighted by Gasteiger charge is -2.16. The van der Waals surface area contributed by atoms with Gasteiger partial charge in [-0.2, -0.15) is 0 Å². The van der Waals surface area contributed by atoms with Gasteiger partial charge in [-0.1, -0.05) is 6.42 Å². The van der Waals surface area contributed by atoms with E-state index in [9.17, 15) is 0 Å². The first-order valence-corrected chi connectivity index (χ1v) is 5.60. The van der Waals surface area contributed by atoms with Gasteiger partial charge in [-0.15, -0.1) is 0 Å². The van der Waals surface area contributed by atoms with Gasteiger partial charge in [0.25, 0.3) is 0 Å². The normalized spacial score (nSPS) is 10.9. The number of unbranched alkanes of at least 4 members (excludes halogenated alkanes) is 2. The molecule has 1 rings (SSSR count). The molecule has 84 valence electrons. The molecule has 2 N–H and O–H groups in total. The molecule has 15 heavy (non-hydrogen) atoms. The van der Waals surface area contributed by atoms with Crippen LogP contribution in [0, 0.1) is 0 Å². The van der Waals surface area contributed by atoms with E-state index >= 15 is 0 Å². The predicted molar refractivity (Wildman–Crippen MR) is 63.5 cm³/mol. The van der Waals surface area contributed by atoms with Crippen molar-refractivity contribution in [2.24, 2.45) is 5.73 Å². The van der Waals surface area contributed by atoms with Gasteiger partial charge in [-0.25, -0.2) is 0 Å². The molecule has 0 aliphatic heterocycles. The molecule has 0 spiro atoms. The minimum atomic E-state index is 0.814. The van der Waals surface area contributed by atoms with Gasteiger partial charge in [0.1, 0.15) is 0 Å². The highest BCUT2D eigenvalue weighted by atomic mass is 15.1. The van der Waals surface area contributed by atoms with Crippen LogP contribution in [-0.4, -0.2) is 30.0 Å². The van der Waals surface area contributed by atoms with Gasteiger partial charge >= 0.3 is 0 Å². The Kier molecular flexibility index (Phi) is 5.97. The van der Waals surface area contributed by atoms with Crippen LogP contribution in [0.25, 0.3) is 0 Å². The molecule has 0 amide bonds. The summed E-state index contributed by atoms with van der Waals surface area (Å²) in [7, 11) is 2.16. The van der Waals surface area contributed by atoms with Gasteiger partial charge in [-0.3, -0.25) is 4.98 Å². The summed E-state index contributed by atoms with van der Waals surface area (Å²) in [6.45, 7) is 2.96. The maximum absolute atomic E-state index is 5.45. The minimum absolute atomic E-state index is 0.814. The standard InChI is InChI=1S/C12H21N3/c1-15(10-4-2-3-7-13)11-12-5-8-14-9-6-12/h5-6,8-9H,2-4,7,10-11,13H2,1H3. The van der Waals surface area contributed by atoms with Gasteiger partial charge in [0.05, 0.1) is 0 Å². The molecule has 0 saturated carbocycles. The van der Waals surface area contributed by atoms with Crippen molar-refractivity contribution in [3.8, 4) is 0 Å². The van der Waals surface area contributed by atoms with Crippen LogP contribution in [0.2, 0.25) is 0 Å². The monoisotopic (exact) mass is 207 g/mol. The van der Waals surface area contributed by atoms with Crippen molar-refractivity contribution in [1.82, 2.24) is 9.88 Å². The highest BCUT2D eigenvalue weighted by Crippen LogP contribution is 2.03. The largest absolute Gasteiger partial charge is 0.330 e. The lowest BCUT2D eigenvalue weighted by atomic mass is 10.2. The minimum Gasteiger partial charge on any atom is -0.330 e. The number of aromatic nitrogens is 1. The van der Waals surface area contributed by atoms with Gasteiger partial charge in [-0.05, 0) is 50.7 Å². The van der Waals surface area contributed by atoms with Gasteiger partial charge in [0, 0.05) is 18.9 Å². The van der Waals surface area contributed by atoms with E-state index in [1.807, 2.05) is 12.4 Å². The first kappa shape index (κ1) is 12.1. The second kappa shape index (κ2) is 7.37. The van der Waals surface area contributed by atoms with E-state index in [2.05, 4.69) is 29.1 Å². The molecule has 0 aliphatic rings. The number of hydrogen-bond donors (Lipinski definition) is 1. The van der Waals surface area contributed by atoms with Crippen molar-refractivity contribution in [1.29, 1.82) is 0 Å². The molecule has 1 heterocycles. The lowest BCUT2D eigenvalue weighted by molar-refractivity contribution is 0.317. The molecule has 0 radical (unpaired) electrons. The molecule has 0 saturated heterocycles. The second-order valence-electron chi connectivity index (χ2n) is 3.94. The van der Waals surface area contributed by atoms with Crippen LogP contribution in [0.4, 0.5) is 0 Å². The van der Waals surface area contributed by atoms with Crippen LogP contribution in [0.3, 0.4) is 0 Å². The van der Waals surface area contributed by atoms with Crippen LogP contribution in [-0.2, 0) is 6.54 Å². The Labute approximate surface area is 92.3 Å². The molecule has 0 aliphatic carbocycles. The first-order chi connectivity index (χ1) is 7.33. The van der Waals surface area contributed by atoms with Crippen molar-refractivity contribution in [2.45, 2.75) is 25.8 Å². The zero-order valence-corrected chi connectivity index (χ0v) is 9.52. The van der Waals surface area contributed by atoms with E-state index < -0.39 is 0 Å². The summed E-state index contributed by atoms with van der Waals surface area (Å²) in [5.41, 5.74) is 6.77. The zero-order valence-electron chi connectivity index (χ0n) is 9.52. The Bertz CT molecular complexity index is 248. The first-order valence-electron chi connectivity index (χ1n) is 5.60. The summed E-state index contributed by atoms with van der Waals surface area (Å²) >= 11 is 0. The van der Waals surface area contributed by atoms with Crippen molar-refractivity contribution < 1.29 is 0 Å². The third-order valence-corrected chi connectivity index (χ3v) is 2.45. The summed E-state index contributed by atoms with van der Waals surface area (Å²) in [4.78, 5) is 6.35. The third-order valence-electron chi connectivity index (χ3n) is 2.45. The predicted octanol–water partition coefficient (Wildman–Crippen LogP) is 1.64. The van der Waals surface area contributed by atoms with Crippen molar-refractivity contribution >= 4 is 0 Å². The molecule has 0 fully saturated rings. The quantitative estimate of drug-likeness (QED) is 0.691. The lowest BCUT2D eigenvalue weighted by Crippen LogP contribution is -2.19. The van der Waals surface area contributed by atoms with Gasteiger partial charge < -0.3 is 10.6 Å². The van der Waals surface area contributed by atoms with E-state index in [0.717, 1.165) is 26.1 Å². The topological polar surface area (TPSA) is 42.1 Å². The number of nitrogens with two attached hydrogens (primary N) is 1. The molecular weight excluding hydrogens is 186 g/mol. The SMILES string of the molecule is CN(CCCCCN)Cc1ccncc1. The van der Waals surface area contributed by atoms with Crippen LogP contribution in [0.5, 0.6) is 0 Å². The summed E-state index contributed by atoms with van der Waals surface area (Å²) in [5.74, 6) is 0. The fourth-order valence-electron chi connectivity index (χ4n) is 1.58. The summed E-state index contributed by atoms with van der Waals surface area (Å²) in [6.07, 6.45) is 7.30. The van der Waals surface area contributed by atoms with Crippen molar-refractivity contribution in [3.05, 3.63) is 30.1 Å². The Balaban J connectivity index is 2.16. The average molecular weight is 207 g/mol. The van der Waals surface area contributed by atoms with Crippen LogP contribution >= 0.6 is 0 Å². The Morgan fingerprint density at radius 2 is 1.93 bits per heavy atom. The van der Waals surface area contributed by atoms with E-state index in [-0.39, 0.29) is 0 Å². The molecule has 0 aromatic carbocycles. The number of rotatable bonds is 7. The number of nitrogens with zero attached hydrogens (tertiary/aromatic N) is 2. The Morgan fingerprint density at radius 1 is 1.20 bits per heavy atom. The molecule has 1 aromatic rings. The van der Waals surface area contributed by atoms with Crippen molar-refractivity contribution in [3.63, 3.8) is 0 Å². The molecule has 0 atom stereocenters. The van der Waals surface area contributed by atoms with Crippen LogP contribution in [0.15, 0.2) is 24.5 Å². The highest BCUT2D eigenvalue weighted by molar-refractivity contribution is 5.08. The van der Waals surface area contributed by atoms with E-state index in [0.29, 0.717) is 0 Å². The van der Waals surface area contributed by atoms with Crippen LogP contribution in [0.1, 0.15) is 24.8 Å². The Morgan fingerprint density at radius 3 is 2.60 bits per heavy atom. The van der Waals surface area contributed by atoms with Gasteiger partial charge in [0.2, 0.25) is 0 Å². The smallest absolute Gasteiger partial charge is 0.0271 e. The average Bonchev–Trinajstić information content (AvgIpc) is 2.26. The van der Waals surface area contributed by atoms with Gasteiger partial charge in [0.15, 0.2) is 0 Å². The van der Waals surface area contributed by atoms with E-state index in [1.54, 1.807) is 0 Å². The van der Waals surface area contributed by atoms with Crippen LogP contribution < -0.4 is 5.73 Å². The van der Waals surface area contributed by atoms with Crippen molar-refractivity contribution in [2.75, 3.05) is 20.1 Å². The fourth-order valence-corrected chi connectivity index (χ4v) is 1.58. The summed E-state index contributed by atoms with van der Waals surface area (Å²) in [6, 6.07) is 4.13. The molecule has 0 unspecified atom stereocenters. The zero-order chi connectivity index (χ0) is 10.9. The van der Waals surface area contributed by atoms with E-state index in [4.69, 9.17) is 5.73 Å².